The highest BCUT2D eigenvalue weighted by Crippen LogP contribution is 2.20. The average molecular weight is 340 g/mol. The summed E-state index contributed by atoms with van der Waals surface area (Å²) in [5.74, 6) is 0.398. The summed E-state index contributed by atoms with van der Waals surface area (Å²) >= 11 is 0. The fourth-order valence-corrected chi connectivity index (χ4v) is 3.59. The van der Waals surface area contributed by atoms with Gasteiger partial charge < -0.3 is 4.90 Å². The molecule has 2 heteroatoms. The van der Waals surface area contributed by atoms with Gasteiger partial charge in [0.1, 0.15) is 0 Å². The largest absolute Gasteiger partial charge is 0.337 e. The molecule has 0 radical (unpaired) electrons. The first kappa shape index (κ1) is 23.5. The fourth-order valence-electron chi connectivity index (χ4n) is 3.59. The van der Waals surface area contributed by atoms with Gasteiger partial charge in [0.2, 0.25) is 5.91 Å². The predicted octanol–water partition coefficient (Wildman–Crippen LogP) is 7.11. The number of rotatable bonds is 16. The Balaban J connectivity index is 4.52. The van der Waals surface area contributed by atoms with E-state index in [1.807, 2.05) is 0 Å². The van der Waals surface area contributed by atoms with E-state index in [2.05, 4.69) is 39.5 Å². The van der Waals surface area contributed by atoms with Crippen molar-refractivity contribution in [3.63, 3.8) is 0 Å². The Morgan fingerprint density at radius 1 is 0.667 bits per heavy atom. The first-order valence-corrected chi connectivity index (χ1v) is 10.9. The highest BCUT2D eigenvalue weighted by molar-refractivity contribution is 5.76. The minimum atomic E-state index is 0.398. The van der Waals surface area contributed by atoms with Crippen LogP contribution in [0.25, 0.3) is 0 Å². The number of carbonyl (C=O) groups is 1. The number of amides is 1. The van der Waals surface area contributed by atoms with Gasteiger partial charge in [-0.2, -0.15) is 0 Å². The van der Waals surface area contributed by atoms with Crippen molar-refractivity contribution in [3.05, 3.63) is 0 Å². The molecule has 0 bridgehead atoms. The van der Waals surface area contributed by atoms with Crippen molar-refractivity contribution in [2.24, 2.45) is 0 Å². The molecule has 0 aliphatic heterocycles. The van der Waals surface area contributed by atoms with Crippen LogP contribution in [0, 0.1) is 0 Å². The first-order valence-electron chi connectivity index (χ1n) is 10.9. The summed E-state index contributed by atoms with van der Waals surface area (Å²) in [6, 6.07) is 0.800. The van der Waals surface area contributed by atoms with E-state index in [-0.39, 0.29) is 0 Å². The van der Waals surface area contributed by atoms with Crippen molar-refractivity contribution >= 4 is 5.91 Å². The molecule has 2 nitrogen and oxygen atoms in total. The van der Waals surface area contributed by atoms with Crippen LogP contribution in [0.15, 0.2) is 0 Å². The van der Waals surface area contributed by atoms with E-state index in [1.165, 1.54) is 77.0 Å². The molecule has 0 aliphatic carbocycles. The van der Waals surface area contributed by atoms with Crippen molar-refractivity contribution in [1.82, 2.24) is 4.90 Å². The number of unbranched alkanes of at least 4 members (excludes halogenated alkanes) is 8. The van der Waals surface area contributed by atoms with E-state index in [1.54, 1.807) is 0 Å². The van der Waals surface area contributed by atoms with Crippen LogP contribution in [0.2, 0.25) is 0 Å². The molecule has 2 atom stereocenters. The van der Waals surface area contributed by atoms with Gasteiger partial charge >= 0.3 is 0 Å². The van der Waals surface area contributed by atoms with E-state index >= 15 is 0 Å². The molecule has 1 amide bonds. The summed E-state index contributed by atoms with van der Waals surface area (Å²) < 4.78 is 0. The topological polar surface area (TPSA) is 20.3 Å². The van der Waals surface area contributed by atoms with Crippen molar-refractivity contribution in [1.29, 1.82) is 0 Å². The zero-order chi connectivity index (χ0) is 18.2. The van der Waals surface area contributed by atoms with Gasteiger partial charge in [0.05, 0.1) is 0 Å². The van der Waals surface area contributed by atoms with Crippen molar-refractivity contribution < 1.29 is 4.79 Å². The summed E-state index contributed by atoms with van der Waals surface area (Å²) in [4.78, 5) is 15.0. The third-order valence-corrected chi connectivity index (χ3v) is 5.18. The highest BCUT2D eigenvalue weighted by Gasteiger charge is 2.24. The zero-order valence-corrected chi connectivity index (χ0v) is 17.4. The van der Waals surface area contributed by atoms with Gasteiger partial charge in [0.15, 0.2) is 0 Å². The lowest BCUT2D eigenvalue weighted by molar-refractivity contribution is -0.136. The molecular weight excluding hydrogens is 294 g/mol. The molecule has 0 aromatic heterocycles. The molecule has 0 rings (SSSR count). The molecule has 0 aliphatic rings. The fraction of sp³-hybridized carbons (Fsp3) is 0.955. The number of hydrogen-bond acceptors (Lipinski definition) is 1. The van der Waals surface area contributed by atoms with E-state index in [4.69, 9.17) is 0 Å². The van der Waals surface area contributed by atoms with Gasteiger partial charge in [0.25, 0.3) is 0 Å². The molecule has 0 saturated heterocycles. The maximum atomic E-state index is 12.8. The van der Waals surface area contributed by atoms with Crippen molar-refractivity contribution in [2.75, 3.05) is 0 Å². The number of hydrogen-bond donors (Lipinski definition) is 0. The smallest absolute Gasteiger partial charge is 0.223 e. The first-order chi connectivity index (χ1) is 11.6. The molecule has 144 valence electrons. The lowest BCUT2D eigenvalue weighted by Gasteiger charge is -2.35. The number of nitrogens with zero attached hydrogens (tertiary/aromatic N) is 1. The molecule has 24 heavy (non-hydrogen) atoms. The van der Waals surface area contributed by atoms with Crippen LogP contribution in [0.5, 0.6) is 0 Å². The Bertz CT molecular complexity index is 272. The predicted molar refractivity (Wildman–Crippen MR) is 107 cm³/mol. The summed E-state index contributed by atoms with van der Waals surface area (Å²) in [6.07, 6.45) is 16.8. The van der Waals surface area contributed by atoms with Gasteiger partial charge in [-0.05, 0) is 33.1 Å². The van der Waals surface area contributed by atoms with Crippen LogP contribution < -0.4 is 0 Å². The molecule has 0 saturated carbocycles. The maximum Gasteiger partial charge on any atom is 0.223 e. The Kier molecular flexibility index (Phi) is 15.6. The van der Waals surface area contributed by atoms with Crippen LogP contribution >= 0.6 is 0 Å². The van der Waals surface area contributed by atoms with E-state index < -0.39 is 0 Å². The number of carbonyl (C=O) groups excluding carboxylic acids is 1. The molecular formula is C22H45NO. The highest BCUT2D eigenvalue weighted by atomic mass is 16.2. The third kappa shape index (κ3) is 11.1. The van der Waals surface area contributed by atoms with E-state index in [0.29, 0.717) is 18.0 Å². The second-order valence-electron chi connectivity index (χ2n) is 7.65. The monoisotopic (exact) mass is 339 g/mol. The van der Waals surface area contributed by atoms with Crippen LogP contribution in [-0.2, 0) is 4.79 Å². The normalized spacial score (nSPS) is 13.7. The Morgan fingerprint density at radius 2 is 1.08 bits per heavy atom. The molecule has 0 spiro atoms. The minimum Gasteiger partial charge on any atom is -0.337 e. The Hall–Kier alpha value is -0.530. The quantitative estimate of drug-likeness (QED) is 0.274. The lowest BCUT2D eigenvalue weighted by atomic mass is 10.0. The zero-order valence-electron chi connectivity index (χ0n) is 17.4. The summed E-state index contributed by atoms with van der Waals surface area (Å²) in [7, 11) is 0. The Morgan fingerprint density at radius 3 is 1.50 bits per heavy atom. The van der Waals surface area contributed by atoms with Gasteiger partial charge in [-0.25, -0.2) is 0 Å². The molecule has 0 fully saturated rings. The van der Waals surface area contributed by atoms with Crippen LogP contribution in [-0.4, -0.2) is 22.9 Å². The maximum absolute atomic E-state index is 12.8. The van der Waals surface area contributed by atoms with E-state index in [9.17, 15) is 4.79 Å². The summed E-state index contributed by atoms with van der Waals surface area (Å²) in [6.45, 7) is 11.3. The Labute approximate surface area is 152 Å². The van der Waals surface area contributed by atoms with Gasteiger partial charge in [-0.3, -0.25) is 4.79 Å². The molecule has 0 N–H and O–H groups in total. The van der Waals surface area contributed by atoms with Crippen LogP contribution in [0.1, 0.15) is 125 Å². The van der Waals surface area contributed by atoms with Gasteiger partial charge in [0, 0.05) is 18.5 Å². The van der Waals surface area contributed by atoms with Crippen molar-refractivity contribution in [3.8, 4) is 0 Å². The second kappa shape index (κ2) is 16.0. The van der Waals surface area contributed by atoms with E-state index in [0.717, 1.165) is 12.8 Å². The lowest BCUT2D eigenvalue weighted by Crippen LogP contribution is -2.44. The molecule has 2 unspecified atom stereocenters. The standard InChI is InChI=1S/C22H45NO/c1-6-9-12-15-17-20(4)23(22(24)19-14-11-8-3)21(5)18-16-13-10-7-2/h20-21H,6-19H2,1-5H3. The van der Waals surface area contributed by atoms with Crippen LogP contribution in [0.3, 0.4) is 0 Å². The third-order valence-electron chi connectivity index (χ3n) is 5.18. The molecule has 0 heterocycles. The summed E-state index contributed by atoms with van der Waals surface area (Å²) in [5, 5.41) is 0. The molecule has 0 aromatic rings. The average Bonchev–Trinajstić information content (AvgIpc) is 2.56. The minimum absolute atomic E-state index is 0.398. The van der Waals surface area contributed by atoms with Gasteiger partial charge in [-0.1, -0.05) is 85.0 Å². The SMILES string of the molecule is CCCCCCC(C)N(C(=O)CCCCC)C(C)CCCCCC. The van der Waals surface area contributed by atoms with Crippen LogP contribution in [0.4, 0.5) is 0 Å². The molecule has 0 aromatic carbocycles. The van der Waals surface area contributed by atoms with Gasteiger partial charge in [-0.15, -0.1) is 0 Å². The van der Waals surface area contributed by atoms with Crippen molar-refractivity contribution in [2.45, 2.75) is 137 Å². The second-order valence-corrected chi connectivity index (χ2v) is 7.65. The summed E-state index contributed by atoms with van der Waals surface area (Å²) in [5.41, 5.74) is 0.